The van der Waals surface area contributed by atoms with Gasteiger partial charge in [-0.1, -0.05) is 44.2 Å². The second-order valence-electron chi connectivity index (χ2n) is 7.59. The van der Waals surface area contributed by atoms with Crippen molar-refractivity contribution in [1.29, 1.82) is 0 Å². The molecule has 2 amide bonds. The maximum absolute atomic E-state index is 13.0. The molecular weight excluding hydrogens is 396 g/mol. The predicted octanol–water partition coefficient (Wildman–Crippen LogP) is 4.75. The molecule has 0 fully saturated rings. The summed E-state index contributed by atoms with van der Waals surface area (Å²) in [6, 6.07) is 16.9. The quantitative estimate of drug-likeness (QED) is 0.260. The Kier molecular flexibility index (Phi) is 4.94. The Hall–Kier alpha value is -4.13. The molecule has 0 unspecified atom stereocenters. The van der Waals surface area contributed by atoms with Gasteiger partial charge >= 0.3 is 0 Å². The number of imide groups is 1. The fourth-order valence-corrected chi connectivity index (χ4v) is 3.55. The van der Waals surface area contributed by atoms with Crippen LogP contribution in [0.3, 0.4) is 0 Å². The number of hydrogen-bond donors (Lipinski definition) is 0. The lowest BCUT2D eigenvalue weighted by molar-refractivity contribution is -0.384. The number of nitro benzene ring substituents is 1. The van der Waals surface area contributed by atoms with Crippen LogP contribution in [0.5, 0.6) is 0 Å². The van der Waals surface area contributed by atoms with Gasteiger partial charge in [0.05, 0.1) is 21.7 Å². The van der Waals surface area contributed by atoms with Crippen LogP contribution in [0, 0.1) is 10.1 Å². The summed E-state index contributed by atoms with van der Waals surface area (Å²) in [4.78, 5) is 50.2. The number of non-ortho nitro benzene ring substituents is 1. The van der Waals surface area contributed by atoms with Crippen molar-refractivity contribution in [3.8, 4) is 0 Å². The molecule has 0 N–H and O–H groups in total. The van der Waals surface area contributed by atoms with Gasteiger partial charge in [-0.15, -0.1) is 0 Å². The van der Waals surface area contributed by atoms with Crippen LogP contribution in [0.2, 0.25) is 0 Å². The molecule has 1 aliphatic rings. The van der Waals surface area contributed by atoms with Gasteiger partial charge in [-0.2, -0.15) is 0 Å². The smallest absolute Gasteiger partial charge is 0.270 e. The zero-order valence-corrected chi connectivity index (χ0v) is 16.9. The van der Waals surface area contributed by atoms with Crippen LogP contribution in [0.15, 0.2) is 66.7 Å². The number of nitro groups is 1. The number of benzene rings is 3. The van der Waals surface area contributed by atoms with Crippen LogP contribution >= 0.6 is 0 Å². The SMILES string of the molecule is CC(C)c1ccc(N2C(=O)c3ccc(C(=O)c4cccc([N+](=O)[O-])c4)cc3C2=O)cc1. The number of carbonyl (C=O) groups is 3. The molecule has 0 aromatic heterocycles. The molecule has 3 aromatic carbocycles. The number of amides is 2. The van der Waals surface area contributed by atoms with Crippen LogP contribution in [-0.4, -0.2) is 22.5 Å². The van der Waals surface area contributed by atoms with Crippen LogP contribution in [0.25, 0.3) is 0 Å². The Morgan fingerprint density at radius 1 is 0.871 bits per heavy atom. The summed E-state index contributed by atoms with van der Waals surface area (Å²) in [6.07, 6.45) is 0. The van der Waals surface area contributed by atoms with Gasteiger partial charge in [-0.05, 0) is 35.7 Å². The van der Waals surface area contributed by atoms with Crippen LogP contribution in [0.4, 0.5) is 11.4 Å². The van der Waals surface area contributed by atoms with E-state index in [1.807, 2.05) is 12.1 Å². The predicted molar refractivity (Wildman–Crippen MR) is 115 cm³/mol. The molecule has 0 saturated carbocycles. The van der Waals surface area contributed by atoms with E-state index in [4.69, 9.17) is 0 Å². The summed E-state index contributed by atoms with van der Waals surface area (Å²) < 4.78 is 0. The normalized spacial score (nSPS) is 12.9. The van der Waals surface area contributed by atoms with E-state index in [0.717, 1.165) is 10.5 Å². The van der Waals surface area contributed by atoms with Crippen molar-refractivity contribution in [2.24, 2.45) is 0 Å². The van der Waals surface area contributed by atoms with Gasteiger partial charge < -0.3 is 0 Å². The van der Waals surface area contributed by atoms with Crippen molar-refractivity contribution in [1.82, 2.24) is 0 Å². The first kappa shape index (κ1) is 20.2. The Balaban J connectivity index is 1.67. The minimum Gasteiger partial charge on any atom is -0.289 e. The Bertz CT molecular complexity index is 1250. The summed E-state index contributed by atoms with van der Waals surface area (Å²) in [5.74, 6) is -1.11. The summed E-state index contributed by atoms with van der Waals surface area (Å²) in [5, 5.41) is 11.0. The fraction of sp³-hybridized carbons (Fsp3) is 0.125. The summed E-state index contributed by atoms with van der Waals surface area (Å²) in [5.41, 5.74) is 2.01. The maximum Gasteiger partial charge on any atom is 0.270 e. The second-order valence-corrected chi connectivity index (χ2v) is 7.59. The van der Waals surface area contributed by atoms with Crippen molar-refractivity contribution in [3.63, 3.8) is 0 Å². The van der Waals surface area contributed by atoms with E-state index in [0.29, 0.717) is 11.6 Å². The van der Waals surface area contributed by atoms with Crippen molar-refractivity contribution >= 4 is 29.0 Å². The van der Waals surface area contributed by atoms with Gasteiger partial charge in [0.1, 0.15) is 0 Å². The first-order valence-electron chi connectivity index (χ1n) is 9.70. The van der Waals surface area contributed by atoms with Gasteiger partial charge in [-0.25, -0.2) is 4.90 Å². The van der Waals surface area contributed by atoms with E-state index in [1.165, 1.54) is 42.5 Å². The molecule has 7 nitrogen and oxygen atoms in total. The number of fused-ring (bicyclic) bond motifs is 1. The molecule has 154 valence electrons. The Morgan fingerprint density at radius 2 is 1.52 bits per heavy atom. The lowest BCUT2D eigenvalue weighted by atomic mass is 9.99. The van der Waals surface area contributed by atoms with Crippen LogP contribution < -0.4 is 4.90 Å². The van der Waals surface area contributed by atoms with E-state index >= 15 is 0 Å². The highest BCUT2D eigenvalue weighted by Crippen LogP contribution is 2.30. The zero-order chi connectivity index (χ0) is 22.3. The number of carbonyl (C=O) groups excluding carboxylic acids is 3. The third-order valence-corrected chi connectivity index (χ3v) is 5.29. The standard InChI is InChI=1S/C24H18N2O5/c1-14(2)15-6-9-18(10-7-15)25-23(28)20-11-8-17(13-21(20)24(25)29)22(27)16-4-3-5-19(12-16)26(30)31/h3-14H,1-2H3. The molecule has 1 heterocycles. The summed E-state index contributed by atoms with van der Waals surface area (Å²) >= 11 is 0. The molecule has 0 saturated heterocycles. The number of anilines is 1. The van der Waals surface area contributed by atoms with Crippen molar-refractivity contribution < 1.29 is 19.3 Å². The third kappa shape index (κ3) is 3.50. The highest BCUT2D eigenvalue weighted by Gasteiger charge is 2.37. The van der Waals surface area contributed by atoms with E-state index in [9.17, 15) is 24.5 Å². The monoisotopic (exact) mass is 414 g/mol. The van der Waals surface area contributed by atoms with Gasteiger partial charge in [0.25, 0.3) is 17.5 Å². The van der Waals surface area contributed by atoms with E-state index in [-0.39, 0.29) is 27.9 Å². The van der Waals surface area contributed by atoms with Gasteiger partial charge in [-0.3, -0.25) is 24.5 Å². The molecule has 31 heavy (non-hydrogen) atoms. The zero-order valence-electron chi connectivity index (χ0n) is 16.9. The average Bonchev–Trinajstić information content (AvgIpc) is 3.03. The molecule has 0 bridgehead atoms. The van der Waals surface area contributed by atoms with Crippen molar-refractivity contribution in [2.75, 3.05) is 4.90 Å². The highest BCUT2D eigenvalue weighted by molar-refractivity contribution is 6.34. The van der Waals surface area contributed by atoms with Gasteiger partial charge in [0.15, 0.2) is 5.78 Å². The van der Waals surface area contributed by atoms with Crippen molar-refractivity contribution in [3.05, 3.63) is 105 Å². The lowest BCUT2D eigenvalue weighted by Gasteiger charge is -2.15. The van der Waals surface area contributed by atoms with Gasteiger partial charge in [0, 0.05) is 23.3 Å². The van der Waals surface area contributed by atoms with Crippen LogP contribution in [0.1, 0.15) is 62.0 Å². The maximum atomic E-state index is 13.0. The summed E-state index contributed by atoms with van der Waals surface area (Å²) in [7, 11) is 0. The molecular formula is C24H18N2O5. The fourth-order valence-electron chi connectivity index (χ4n) is 3.55. The van der Waals surface area contributed by atoms with Crippen molar-refractivity contribution in [2.45, 2.75) is 19.8 Å². The second kappa shape index (κ2) is 7.60. The number of ketones is 1. The Morgan fingerprint density at radius 3 is 2.16 bits per heavy atom. The number of rotatable bonds is 5. The van der Waals surface area contributed by atoms with E-state index in [2.05, 4.69) is 13.8 Å². The molecule has 7 heteroatoms. The van der Waals surface area contributed by atoms with Gasteiger partial charge in [0.2, 0.25) is 0 Å². The highest BCUT2D eigenvalue weighted by atomic mass is 16.6. The summed E-state index contributed by atoms with van der Waals surface area (Å²) in [6.45, 7) is 4.10. The first-order chi connectivity index (χ1) is 14.8. The topological polar surface area (TPSA) is 97.6 Å². The first-order valence-corrected chi connectivity index (χ1v) is 9.70. The molecule has 1 aliphatic heterocycles. The number of hydrogen-bond acceptors (Lipinski definition) is 5. The lowest BCUT2D eigenvalue weighted by Crippen LogP contribution is -2.29. The molecule has 0 aliphatic carbocycles. The van der Waals surface area contributed by atoms with E-state index in [1.54, 1.807) is 12.1 Å². The minimum absolute atomic E-state index is 0.132. The molecule has 4 rings (SSSR count). The average molecular weight is 414 g/mol. The molecule has 0 radical (unpaired) electrons. The molecule has 3 aromatic rings. The molecule has 0 atom stereocenters. The van der Waals surface area contributed by atoms with Crippen LogP contribution in [-0.2, 0) is 0 Å². The largest absolute Gasteiger partial charge is 0.289 e. The minimum atomic E-state index is -0.579. The third-order valence-electron chi connectivity index (χ3n) is 5.29. The Labute approximate surface area is 178 Å². The van der Waals surface area contributed by atoms with E-state index < -0.39 is 22.5 Å². The molecule has 0 spiro atoms. The number of nitrogens with zero attached hydrogens (tertiary/aromatic N) is 2.